The van der Waals surface area contributed by atoms with Gasteiger partial charge in [-0.1, -0.05) is 25.4 Å². The van der Waals surface area contributed by atoms with Gasteiger partial charge in [0.25, 0.3) is 0 Å². The number of nitrogens with one attached hydrogen (secondary N) is 2. The third kappa shape index (κ3) is 7.11. The molecule has 7 nitrogen and oxygen atoms in total. The Hall–Kier alpha value is -2.15. The van der Waals surface area contributed by atoms with Crippen molar-refractivity contribution >= 4 is 23.6 Å². The maximum absolute atomic E-state index is 12.4. The maximum atomic E-state index is 12.4. The molecular formula is C20H29ClN2O5. The normalized spacial score (nSPS) is 14.2. The molecule has 1 heterocycles. The van der Waals surface area contributed by atoms with Crippen molar-refractivity contribution < 1.29 is 23.8 Å². The Morgan fingerprint density at radius 1 is 1.25 bits per heavy atom. The molecule has 0 aliphatic carbocycles. The van der Waals surface area contributed by atoms with E-state index < -0.39 is 6.09 Å². The molecule has 0 radical (unpaired) electrons. The number of carbonyl (C=O) groups excluding carboxylic acids is 2. The molecule has 0 saturated carbocycles. The van der Waals surface area contributed by atoms with Crippen molar-refractivity contribution in [3.05, 3.63) is 22.7 Å². The summed E-state index contributed by atoms with van der Waals surface area (Å²) in [5, 5.41) is 6.10. The summed E-state index contributed by atoms with van der Waals surface area (Å²) in [6, 6.07) is 3.31. The minimum Gasteiger partial charge on any atom is -0.489 e. The lowest BCUT2D eigenvalue weighted by Gasteiger charge is -2.21. The molecule has 2 N–H and O–H groups in total. The van der Waals surface area contributed by atoms with E-state index in [1.165, 1.54) is 0 Å². The van der Waals surface area contributed by atoms with Gasteiger partial charge in [0.15, 0.2) is 11.5 Å². The quantitative estimate of drug-likeness (QED) is 0.684. The second-order valence-electron chi connectivity index (χ2n) is 7.13. The van der Waals surface area contributed by atoms with Crippen LogP contribution in [0.3, 0.4) is 0 Å². The van der Waals surface area contributed by atoms with Crippen LogP contribution in [0.4, 0.5) is 4.79 Å². The lowest BCUT2D eigenvalue weighted by Crippen LogP contribution is -2.44. The minimum absolute atomic E-state index is 0.157. The van der Waals surface area contributed by atoms with Crippen LogP contribution in [0, 0.1) is 5.92 Å². The van der Waals surface area contributed by atoms with Gasteiger partial charge >= 0.3 is 6.09 Å². The predicted molar refractivity (Wildman–Crippen MR) is 107 cm³/mol. The highest BCUT2D eigenvalue weighted by Crippen LogP contribution is 2.38. The molecule has 0 aromatic heterocycles. The van der Waals surface area contributed by atoms with Crippen molar-refractivity contribution in [2.24, 2.45) is 5.92 Å². The first-order chi connectivity index (χ1) is 13.4. The monoisotopic (exact) mass is 412 g/mol. The van der Waals surface area contributed by atoms with Crippen LogP contribution in [-0.4, -0.2) is 44.4 Å². The Morgan fingerprint density at radius 2 is 2.00 bits per heavy atom. The summed E-state index contributed by atoms with van der Waals surface area (Å²) in [5.74, 6) is 1.29. The highest BCUT2D eigenvalue weighted by atomic mass is 35.5. The summed E-state index contributed by atoms with van der Waals surface area (Å²) in [7, 11) is 0. The van der Waals surface area contributed by atoms with Crippen LogP contribution in [0.2, 0.25) is 5.02 Å². The highest BCUT2D eigenvalue weighted by Gasteiger charge is 2.18. The maximum Gasteiger partial charge on any atom is 0.407 e. The Morgan fingerprint density at radius 3 is 2.71 bits per heavy atom. The zero-order valence-corrected chi connectivity index (χ0v) is 17.4. The Bertz CT molecular complexity index is 681. The van der Waals surface area contributed by atoms with Gasteiger partial charge in [0.2, 0.25) is 5.91 Å². The minimum atomic E-state index is -0.475. The van der Waals surface area contributed by atoms with Crippen molar-refractivity contribution in [2.45, 2.75) is 46.1 Å². The van der Waals surface area contributed by atoms with E-state index in [1.807, 2.05) is 0 Å². The molecule has 0 saturated heterocycles. The van der Waals surface area contributed by atoms with Crippen LogP contribution in [0.15, 0.2) is 12.1 Å². The van der Waals surface area contributed by atoms with Crippen LogP contribution in [-0.2, 0) is 16.0 Å². The van der Waals surface area contributed by atoms with Crippen molar-refractivity contribution in [3.8, 4) is 11.5 Å². The lowest BCUT2D eigenvalue weighted by molar-refractivity contribution is -0.120. The topological polar surface area (TPSA) is 85.9 Å². The average Bonchev–Trinajstić information content (AvgIpc) is 2.85. The molecule has 2 amide bonds. The number of amides is 2. The van der Waals surface area contributed by atoms with Crippen LogP contribution in [0.1, 0.15) is 39.2 Å². The van der Waals surface area contributed by atoms with E-state index >= 15 is 0 Å². The lowest BCUT2D eigenvalue weighted by atomic mass is 10.0. The van der Waals surface area contributed by atoms with Crippen LogP contribution >= 0.6 is 11.6 Å². The molecule has 8 heteroatoms. The largest absolute Gasteiger partial charge is 0.489 e. The van der Waals surface area contributed by atoms with Gasteiger partial charge in [-0.3, -0.25) is 4.79 Å². The van der Waals surface area contributed by atoms with Crippen LogP contribution < -0.4 is 20.1 Å². The zero-order chi connectivity index (χ0) is 20.5. The van der Waals surface area contributed by atoms with Crippen molar-refractivity contribution in [3.63, 3.8) is 0 Å². The number of ether oxygens (including phenoxy) is 3. The van der Waals surface area contributed by atoms with Crippen molar-refractivity contribution in [1.29, 1.82) is 0 Å². The van der Waals surface area contributed by atoms with Gasteiger partial charge in [-0.05, 0) is 37.0 Å². The first-order valence-corrected chi connectivity index (χ1v) is 10.0. The number of halogens is 1. The van der Waals surface area contributed by atoms with E-state index in [9.17, 15) is 9.59 Å². The molecular weight excluding hydrogens is 384 g/mol. The second-order valence-corrected chi connectivity index (χ2v) is 7.53. The fourth-order valence-corrected chi connectivity index (χ4v) is 3.26. The zero-order valence-electron chi connectivity index (χ0n) is 16.7. The molecule has 28 heavy (non-hydrogen) atoms. The molecule has 1 aromatic carbocycles. The Balaban J connectivity index is 1.93. The number of alkyl carbamates (subject to hydrolysis) is 1. The average molecular weight is 413 g/mol. The first kappa shape index (κ1) is 22.1. The summed E-state index contributed by atoms with van der Waals surface area (Å²) in [6.07, 6.45) is 1.20. The van der Waals surface area contributed by atoms with Gasteiger partial charge in [-0.25, -0.2) is 4.79 Å². The molecule has 0 spiro atoms. The van der Waals surface area contributed by atoms with Crippen LogP contribution in [0.5, 0.6) is 11.5 Å². The van der Waals surface area contributed by atoms with Gasteiger partial charge in [0.1, 0.15) is 0 Å². The number of hydrogen-bond acceptors (Lipinski definition) is 5. The molecule has 0 fully saturated rings. The van der Waals surface area contributed by atoms with Gasteiger partial charge < -0.3 is 24.8 Å². The predicted octanol–water partition coefficient (Wildman–Crippen LogP) is 3.32. The Labute approximate surface area is 171 Å². The van der Waals surface area contributed by atoms with Gasteiger partial charge in [0, 0.05) is 19.0 Å². The number of benzene rings is 1. The molecule has 1 unspecified atom stereocenters. The number of fused-ring (bicyclic) bond motifs is 1. The van der Waals surface area contributed by atoms with E-state index in [1.54, 1.807) is 19.1 Å². The molecule has 1 aliphatic heterocycles. The molecule has 2 rings (SSSR count). The summed E-state index contributed by atoms with van der Waals surface area (Å²) in [5.41, 5.74) is 0.741. The molecule has 1 aromatic rings. The first-order valence-electron chi connectivity index (χ1n) is 9.67. The molecule has 1 aliphatic rings. The fourth-order valence-electron chi connectivity index (χ4n) is 2.97. The van der Waals surface area contributed by atoms with E-state index in [0.29, 0.717) is 48.8 Å². The standard InChI is InChI=1S/C20H29ClN2O5/c1-4-26-20(25)23-15(8-13(2)3)12-22-18(24)11-14-9-16(21)19-17(10-14)27-6-5-7-28-19/h9-10,13,15H,4-8,11-12H2,1-3H3,(H,22,24)(H,23,25). The fraction of sp³-hybridized carbons (Fsp3) is 0.600. The van der Waals surface area contributed by atoms with Gasteiger partial charge in [-0.2, -0.15) is 0 Å². The van der Waals surface area contributed by atoms with Crippen molar-refractivity contribution in [2.75, 3.05) is 26.4 Å². The third-order valence-corrected chi connectivity index (χ3v) is 4.41. The Kier molecular flexibility index (Phi) is 8.70. The van der Waals surface area contributed by atoms with E-state index in [4.69, 9.17) is 25.8 Å². The second kappa shape index (κ2) is 11.0. The summed E-state index contributed by atoms with van der Waals surface area (Å²) in [4.78, 5) is 24.1. The van der Waals surface area contributed by atoms with E-state index in [2.05, 4.69) is 24.5 Å². The van der Waals surface area contributed by atoms with E-state index in [0.717, 1.165) is 18.4 Å². The third-order valence-electron chi connectivity index (χ3n) is 4.13. The number of rotatable bonds is 8. The molecule has 156 valence electrons. The SMILES string of the molecule is CCOC(=O)NC(CNC(=O)Cc1cc(Cl)c2c(c1)OCCCO2)CC(C)C. The number of carbonyl (C=O) groups is 2. The highest BCUT2D eigenvalue weighted by molar-refractivity contribution is 6.32. The van der Waals surface area contributed by atoms with Crippen molar-refractivity contribution in [1.82, 2.24) is 10.6 Å². The summed E-state index contributed by atoms with van der Waals surface area (Å²) < 4.78 is 16.2. The van der Waals surface area contributed by atoms with Gasteiger partial charge in [0.05, 0.1) is 31.3 Å². The van der Waals surface area contributed by atoms with Crippen LogP contribution in [0.25, 0.3) is 0 Å². The smallest absolute Gasteiger partial charge is 0.407 e. The summed E-state index contributed by atoms with van der Waals surface area (Å²) in [6.45, 7) is 7.60. The van der Waals surface area contributed by atoms with Gasteiger partial charge in [-0.15, -0.1) is 0 Å². The number of hydrogen-bond donors (Lipinski definition) is 2. The molecule has 0 bridgehead atoms. The summed E-state index contributed by atoms with van der Waals surface area (Å²) >= 11 is 6.28. The molecule has 1 atom stereocenters. The van der Waals surface area contributed by atoms with E-state index in [-0.39, 0.29) is 18.4 Å².